The maximum absolute atomic E-state index is 5.33. The van der Waals surface area contributed by atoms with Crippen LogP contribution in [0.5, 0.6) is 0 Å². The van der Waals surface area contributed by atoms with Gasteiger partial charge in [-0.1, -0.05) is 0 Å². The Kier molecular flexibility index (Phi) is 2.87. The third-order valence-electron chi connectivity index (χ3n) is 2.35. The van der Waals surface area contributed by atoms with E-state index in [1.54, 1.807) is 14.2 Å². The molecule has 3 heteroatoms. The van der Waals surface area contributed by atoms with Gasteiger partial charge < -0.3 is 14.4 Å². The zero-order valence-corrected chi connectivity index (χ0v) is 7.59. The van der Waals surface area contributed by atoms with Crippen molar-refractivity contribution in [3.05, 3.63) is 0 Å². The van der Waals surface area contributed by atoms with E-state index in [1.807, 2.05) is 0 Å². The Morgan fingerprint density at radius 3 is 2.27 bits per heavy atom. The third-order valence-corrected chi connectivity index (χ3v) is 2.35. The number of likely N-dealkylation sites (tertiary alicyclic amines) is 1. The zero-order valence-electron chi connectivity index (χ0n) is 7.59. The van der Waals surface area contributed by atoms with Gasteiger partial charge in [-0.05, 0) is 20.0 Å². The molecule has 0 atom stereocenters. The summed E-state index contributed by atoms with van der Waals surface area (Å²) in [5.41, 5.74) is 0. The highest BCUT2D eigenvalue weighted by molar-refractivity contribution is 4.78. The smallest absolute Gasteiger partial charge is 0.180 e. The Hall–Kier alpha value is -0.120. The first-order chi connectivity index (χ1) is 5.22. The molecular formula is C8H17NO2. The van der Waals surface area contributed by atoms with Crippen molar-refractivity contribution < 1.29 is 9.47 Å². The maximum Gasteiger partial charge on any atom is 0.180 e. The second kappa shape index (κ2) is 3.52. The van der Waals surface area contributed by atoms with Gasteiger partial charge in [-0.3, -0.25) is 0 Å². The lowest BCUT2D eigenvalue weighted by atomic mass is 10.1. The summed E-state index contributed by atoms with van der Waals surface area (Å²) >= 11 is 0. The average molecular weight is 159 g/mol. The van der Waals surface area contributed by atoms with Crippen molar-refractivity contribution in [1.29, 1.82) is 0 Å². The predicted octanol–water partition coefficient (Wildman–Crippen LogP) is 0.701. The summed E-state index contributed by atoms with van der Waals surface area (Å²) in [7, 11) is 5.51. The lowest BCUT2D eigenvalue weighted by Crippen LogP contribution is -2.49. The van der Waals surface area contributed by atoms with E-state index in [2.05, 4.69) is 11.9 Å². The number of hydrogen-bond acceptors (Lipinski definition) is 3. The zero-order chi connectivity index (χ0) is 8.32. The average Bonchev–Trinajstić information content (AvgIpc) is 2.04. The monoisotopic (exact) mass is 159 g/mol. The SMILES string of the molecule is COC1(OC)CCCN(C)C1. The van der Waals surface area contributed by atoms with Crippen LogP contribution in [0.25, 0.3) is 0 Å². The van der Waals surface area contributed by atoms with Crippen LogP contribution in [-0.4, -0.2) is 45.0 Å². The highest BCUT2D eigenvalue weighted by atomic mass is 16.7. The van der Waals surface area contributed by atoms with E-state index >= 15 is 0 Å². The van der Waals surface area contributed by atoms with Crippen molar-refractivity contribution in [3.8, 4) is 0 Å². The van der Waals surface area contributed by atoms with E-state index in [0.717, 1.165) is 25.9 Å². The molecule has 0 aliphatic carbocycles. The molecule has 1 rings (SSSR count). The lowest BCUT2D eigenvalue weighted by molar-refractivity contribution is -0.229. The summed E-state index contributed by atoms with van der Waals surface area (Å²) in [4.78, 5) is 2.23. The molecule has 0 N–H and O–H groups in total. The van der Waals surface area contributed by atoms with E-state index in [0.29, 0.717) is 0 Å². The minimum absolute atomic E-state index is 0.340. The Morgan fingerprint density at radius 2 is 1.91 bits per heavy atom. The Labute approximate surface area is 68.3 Å². The van der Waals surface area contributed by atoms with Gasteiger partial charge in [-0.2, -0.15) is 0 Å². The first-order valence-electron chi connectivity index (χ1n) is 4.01. The van der Waals surface area contributed by atoms with Crippen LogP contribution in [0.2, 0.25) is 0 Å². The molecule has 1 aliphatic heterocycles. The second-order valence-corrected chi connectivity index (χ2v) is 3.16. The lowest BCUT2D eigenvalue weighted by Gasteiger charge is -2.38. The molecule has 0 bridgehead atoms. The standard InChI is InChI=1S/C8H17NO2/c1-9-6-4-5-8(7-9,10-2)11-3/h4-7H2,1-3H3. The molecular weight excluding hydrogens is 142 g/mol. The van der Waals surface area contributed by atoms with Gasteiger partial charge in [0.25, 0.3) is 0 Å². The van der Waals surface area contributed by atoms with Crippen molar-refractivity contribution in [2.24, 2.45) is 0 Å². The minimum atomic E-state index is -0.340. The fourth-order valence-corrected chi connectivity index (χ4v) is 1.60. The first-order valence-corrected chi connectivity index (χ1v) is 4.01. The molecule has 1 heterocycles. The largest absolute Gasteiger partial charge is 0.352 e. The molecule has 0 amide bonds. The number of piperidine rings is 1. The Balaban J connectivity index is 2.52. The summed E-state index contributed by atoms with van der Waals surface area (Å²) in [6, 6.07) is 0. The first kappa shape index (κ1) is 8.97. The van der Waals surface area contributed by atoms with Crippen LogP contribution in [0.3, 0.4) is 0 Å². The van der Waals surface area contributed by atoms with Crippen molar-refractivity contribution in [2.45, 2.75) is 18.6 Å². The highest BCUT2D eigenvalue weighted by Crippen LogP contribution is 2.23. The normalized spacial score (nSPS) is 25.4. The number of ether oxygens (including phenoxy) is 2. The van der Waals surface area contributed by atoms with Crippen LogP contribution in [0.15, 0.2) is 0 Å². The topological polar surface area (TPSA) is 21.7 Å². The van der Waals surface area contributed by atoms with Crippen LogP contribution in [0.1, 0.15) is 12.8 Å². The van der Waals surface area contributed by atoms with E-state index in [1.165, 1.54) is 0 Å². The molecule has 0 radical (unpaired) electrons. The van der Waals surface area contributed by atoms with E-state index in [9.17, 15) is 0 Å². The van der Waals surface area contributed by atoms with Crippen LogP contribution >= 0.6 is 0 Å². The molecule has 1 aliphatic rings. The van der Waals surface area contributed by atoms with Gasteiger partial charge in [0, 0.05) is 20.6 Å². The van der Waals surface area contributed by atoms with Gasteiger partial charge in [-0.15, -0.1) is 0 Å². The van der Waals surface area contributed by atoms with Crippen molar-refractivity contribution in [1.82, 2.24) is 4.90 Å². The van der Waals surface area contributed by atoms with Gasteiger partial charge in [0.2, 0.25) is 0 Å². The molecule has 0 unspecified atom stereocenters. The van der Waals surface area contributed by atoms with Crippen LogP contribution in [0.4, 0.5) is 0 Å². The fourth-order valence-electron chi connectivity index (χ4n) is 1.60. The van der Waals surface area contributed by atoms with Gasteiger partial charge in [-0.25, -0.2) is 0 Å². The summed E-state index contributed by atoms with van der Waals surface area (Å²) in [6.07, 6.45) is 2.16. The van der Waals surface area contributed by atoms with Gasteiger partial charge in [0.1, 0.15) is 0 Å². The molecule has 66 valence electrons. The molecule has 0 aromatic carbocycles. The van der Waals surface area contributed by atoms with Crippen molar-refractivity contribution in [2.75, 3.05) is 34.4 Å². The van der Waals surface area contributed by atoms with Crippen LogP contribution in [-0.2, 0) is 9.47 Å². The molecule has 0 aromatic heterocycles. The summed E-state index contributed by atoms with van der Waals surface area (Å²) < 4.78 is 10.7. The number of likely N-dealkylation sites (N-methyl/N-ethyl adjacent to an activating group) is 1. The quantitative estimate of drug-likeness (QED) is 0.554. The molecule has 11 heavy (non-hydrogen) atoms. The minimum Gasteiger partial charge on any atom is -0.352 e. The molecule has 1 saturated heterocycles. The maximum atomic E-state index is 5.33. The third kappa shape index (κ3) is 1.92. The molecule has 0 aromatic rings. The Morgan fingerprint density at radius 1 is 1.27 bits per heavy atom. The number of nitrogens with zero attached hydrogens (tertiary/aromatic N) is 1. The molecule has 1 fully saturated rings. The fraction of sp³-hybridized carbons (Fsp3) is 1.00. The van der Waals surface area contributed by atoms with E-state index in [-0.39, 0.29) is 5.79 Å². The number of hydrogen-bond donors (Lipinski definition) is 0. The molecule has 0 spiro atoms. The second-order valence-electron chi connectivity index (χ2n) is 3.16. The summed E-state index contributed by atoms with van der Waals surface area (Å²) in [5, 5.41) is 0. The predicted molar refractivity (Wildman–Crippen MR) is 43.5 cm³/mol. The van der Waals surface area contributed by atoms with Crippen LogP contribution in [0, 0.1) is 0 Å². The van der Waals surface area contributed by atoms with Crippen LogP contribution < -0.4 is 0 Å². The molecule has 0 saturated carbocycles. The van der Waals surface area contributed by atoms with Crippen molar-refractivity contribution >= 4 is 0 Å². The highest BCUT2D eigenvalue weighted by Gasteiger charge is 2.33. The van der Waals surface area contributed by atoms with Gasteiger partial charge in [0.05, 0.1) is 6.54 Å². The van der Waals surface area contributed by atoms with Crippen molar-refractivity contribution in [3.63, 3.8) is 0 Å². The van der Waals surface area contributed by atoms with E-state index in [4.69, 9.17) is 9.47 Å². The number of rotatable bonds is 2. The van der Waals surface area contributed by atoms with E-state index < -0.39 is 0 Å². The number of methoxy groups -OCH3 is 2. The Bertz CT molecular complexity index is 123. The van der Waals surface area contributed by atoms with Gasteiger partial charge >= 0.3 is 0 Å². The molecule has 3 nitrogen and oxygen atoms in total. The summed E-state index contributed by atoms with van der Waals surface area (Å²) in [5.74, 6) is -0.340. The van der Waals surface area contributed by atoms with Gasteiger partial charge in [0.15, 0.2) is 5.79 Å². The summed E-state index contributed by atoms with van der Waals surface area (Å²) in [6.45, 7) is 2.02.